The second-order valence-electron chi connectivity index (χ2n) is 11.9. The number of rotatable bonds is 22. The van der Waals surface area contributed by atoms with Crippen LogP contribution in [-0.4, -0.2) is 172 Å². The molecule has 0 saturated heterocycles. The van der Waals surface area contributed by atoms with Gasteiger partial charge in [0, 0.05) is 41.3 Å². The molecule has 32 nitrogen and oxygen atoms in total. The van der Waals surface area contributed by atoms with Gasteiger partial charge < -0.3 is 87.1 Å². The lowest BCUT2D eigenvalue weighted by molar-refractivity contribution is -0.235. The third-order valence-corrected chi connectivity index (χ3v) is 10.9. The van der Waals surface area contributed by atoms with Crippen LogP contribution in [0.2, 0.25) is 0 Å². The van der Waals surface area contributed by atoms with Gasteiger partial charge in [-0.3, -0.25) is 36.7 Å². The first kappa shape index (κ1) is 54.6. The van der Waals surface area contributed by atoms with E-state index in [4.69, 9.17) is 28.4 Å². The Kier molecular flexibility index (Phi) is 19.8. The molecule has 2 saturated carbocycles. The molecule has 0 heterocycles. The molecule has 12 atom stereocenters. The molecule has 0 aliphatic heterocycles. The van der Waals surface area contributed by atoms with Crippen LogP contribution >= 0.6 is 46.9 Å². The fourth-order valence-electron chi connectivity index (χ4n) is 6.05. The van der Waals surface area contributed by atoms with E-state index < -0.39 is 151 Å². The van der Waals surface area contributed by atoms with Crippen molar-refractivity contribution in [3.63, 3.8) is 0 Å². The fraction of sp³-hybridized carbons (Fsp3) is 0.905. The van der Waals surface area contributed by atoms with Gasteiger partial charge in [0.2, 0.25) is 0 Å². The normalized spacial score (nSPS) is 31.5. The Morgan fingerprint density at radius 2 is 0.508 bits per heavy atom. The lowest BCUT2D eigenvalue weighted by Crippen LogP contribution is -2.67. The average Bonchev–Trinajstić information content (AvgIpc) is 3.01. The second-order valence-corrected chi connectivity index (χ2v) is 19.1. The number of esters is 2. The van der Waals surface area contributed by atoms with Crippen molar-refractivity contribution >= 4 is 58.9 Å². The summed E-state index contributed by atoms with van der Waals surface area (Å²) in [5, 5.41) is 0. The summed E-state index contributed by atoms with van der Waals surface area (Å²) in [5.74, 6) is -3.00. The molecule has 59 heavy (non-hydrogen) atoms. The standard InChI is InChI=1S/C21H42O32P6/c1-42-10-11(43-2)18(50-56(30,31)32)21(53-59(39,40)41)15(17(10)49-55(27,28)29)47-9(23)7-5-6-8(22)46-14-12(44-3)16(48-54(24,25)26)13(45-4)19(51-57(33,34)35)20(14)52-58(36,37)38/h10-21H,5-7H2,1-4H3,(H2,24,25,26)(H2,27,28,29)(H2,30,31,32)(H2,33,34,35)(H2,36,37,38)(H2,39,40,41)/t10-,11-,12+,13+,14-,15+,16-,17+,18+,19-,20-,21+/m1/s1. The third kappa shape index (κ3) is 17.9. The molecule has 2 aliphatic carbocycles. The zero-order chi connectivity index (χ0) is 45.7. The molecule has 0 spiro atoms. The predicted molar refractivity (Wildman–Crippen MR) is 178 cm³/mol. The summed E-state index contributed by atoms with van der Waals surface area (Å²) in [6, 6.07) is 0. The van der Waals surface area contributed by atoms with Crippen LogP contribution in [0.5, 0.6) is 0 Å². The molecule has 0 aromatic heterocycles. The molecule has 12 N–H and O–H groups in total. The highest BCUT2D eigenvalue weighted by molar-refractivity contribution is 7.47. The molecule has 0 aromatic carbocycles. The van der Waals surface area contributed by atoms with Crippen LogP contribution in [-0.2, 0) is 92.5 Å². The van der Waals surface area contributed by atoms with Crippen LogP contribution in [0, 0.1) is 0 Å². The minimum Gasteiger partial charge on any atom is -0.457 e. The molecule has 0 unspecified atom stereocenters. The molecule has 2 fully saturated rings. The van der Waals surface area contributed by atoms with Gasteiger partial charge in [-0.2, -0.15) is 0 Å². The summed E-state index contributed by atoms with van der Waals surface area (Å²) in [7, 11) is -30.9. The minimum atomic E-state index is -5.79. The average molecular weight is 992 g/mol. The van der Waals surface area contributed by atoms with E-state index in [2.05, 4.69) is 27.1 Å². The summed E-state index contributed by atoms with van der Waals surface area (Å²) in [5.41, 5.74) is 0. The van der Waals surface area contributed by atoms with Gasteiger partial charge in [0.15, 0.2) is 12.2 Å². The highest BCUT2D eigenvalue weighted by Crippen LogP contribution is 2.53. The maximum absolute atomic E-state index is 13.1. The number of phosphoric acid groups is 6. The zero-order valence-corrected chi connectivity index (χ0v) is 35.6. The van der Waals surface area contributed by atoms with Crippen LogP contribution in [0.4, 0.5) is 0 Å². The SMILES string of the molecule is CO[C@@H]1[C@@H](OC)[C@H](OP(=O)(O)O)[C@@H](OP(=O)(O)O)[C@@H](OC(=O)CCCC(=O)O[C@@H]2[C@H](OC)[C@@H](OP(=O)(O)O)[C@H](OC)[C@@H](OP(=O)(O)O)[C@@H]2OP(=O)(O)O)[C@H]1OP(=O)(O)O. The maximum atomic E-state index is 13.1. The smallest absolute Gasteiger partial charge is 0.457 e. The number of hydrogen-bond donors (Lipinski definition) is 12. The Balaban J connectivity index is 2.48. The lowest BCUT2D eigenvalue weighted by atomic mass is 9.84. The molecule has 0 radical (unpaired) electrons. The van der Waals surface area contributed by atoms with Crippen molar-refractivity contribution in [3.8, 4) is 0 Å². The fourth-order valence-corrected chi connectivity index (χ4v) is 9.40. The maximum Gasteiger partial charge on any atom is 0.470 e. The van der Waals surface area contributed by atoms with Crippen molar-refractivity contribution in [2.24, 2.45) is 0 Å². The summed E-state index contributed by atoms with van der Waals surface area (Å²) < 4.78 is 130. The quantitative estimate of drug-likeness (QED) is 0.0378. The van der Waals surface area contributed by atoms with Crippen molar-refractivity contribution in [2.75, 3.05) is 28.4 Å². The van der Waals surface area contributed by atoms with Gasteiger partial charge in [-0.05, 0) is 6.42 Å². The molecule has 38 heteroatoms. The number of methoxy groups -OCH3 is 4. The first-order chi connectivity index (χ1) is 26.6. The molecule has 0 amide bonds. The van der Waals surface area contributed by atoms with E-state index in [1.807, 2.05) is 0 Å². The summed E-state index contributed by atoms with van der Waals surface area (Å²) >= 11 is 0. The van der Waals surface area contributed by atoms with E-state index in [0.29, 0.717) is 0 Å². The molecule has 2 aliphatic rings. The Morgan fingerprint density at radius 1 is 0.339 bits per heavy atom. The van der Waals surface area contributed by atoms with Gasteiger partial charge in [-0.25, -0.2) is 27.4 Å². The Hall–Kier alpha value is -0.560. The summed E-state index contributed by atoms with van der Waals surface area (Å²) in [6.45, 7) is 0. The van der Waals surface area contributed by atoms with Crippen LogP contribution in [0.1, 0.15) is 19.3 Å². The monoisotopic (exact) mass is 992 g/mol. The number of phosphoric ester groups is 6. The van der Waals surface area contributed by atoms with E-state index in [1.165, 1.54) is 0 Å². The second kappa shape index (κ2) is 21.4. The lowest BCUT2D eigenvalue weighted by Gasteiger charge is -2.48. The largest absolute Gasteiger partial charge is 0.470 e. The topological polar surface area (TPSA) is 490 Å². The summed E-state index contributed by atoms with van der Waals surface area (Å²) in [4.78, 5) is 141. The predicted octanol–water partition coefficient (Wildman–Crippen LogP) is -3.07. The minimum absolute atomic E-state index is 0.699. The molecule has 0 aromatic rings. The number of ether oxygens (including phenoxy) is 6. The Bertz CT molecular complexity index is 1710. The Morgan fingerprint density at radius 3 is 0.746 bits per heavy atom. The molecule has 2 rings (SSSR count). The van der Waals surface area contributed by atoms with Crippen LogP contribution in [0.25, 0.3) is 0 Å². The van der Waals surface area contributed by atoms with Crippen LogP contribution in [0.3, 0.4) is 0 Å². The van der Waals surface area contributed by atoms with Gasteiger partial charge in [0.05, 0.1) is 0 Å². The number of carbonyl (C=O) groups is 2. The van der Waals surface area contributed by atoms with Gasteiger partial charge >= 0.3 is 58.9 Å². The van der Waals surface area contributed by atoms with Crippen molar-refractivity contribution in [2.45, 2.75) is 92.5 Å². The zero-order valence-electron chi connectivity index (χ0n) is 30.3. The van der Waals surface area contributed by atoms with E-state index in [-0.39, 0.29) is 0 Å². The first-order valence-corrected chi connectivity index (χ1v) is 24.8. The van der Waals surface area contributed by atoms with Gasteiger partial charge in [0.25, 0.3) is 0 Å². The number of carbonyl (C=O) groups excluding carboxylic acids is 2. The molecule has 0 bridgehead atoms. The highest BCUT2D eigenvalue weighted by Gasteiger charge is 2.61. The molecular weight excluding hydrogens is 950 g/mol. The van der Waals surface area contributed by atoms with Crippen LogP contribution in [0.15, 0.2) is 0 Å². The van der Waals surface area contributed by atoms with Gasteiger partial charge in [0.1, 0.15) is 61.0 Å². The summed E-state index contributed by atoms with van der Waals surface area (Å²) in [6.07, 6.45) is -29.8. The molecular formula is C21H42O32P6. The Labute approximate surface area is 331 Å². The first-order valence-electron chi connectivity index (χ1n) is 15.6. The number of hydrogen-bond acceptors (Lipinski definition) is 20. The third-order valence-electron chi connectivity index (χ3n) is 7.83. The van der Waals surface area contributed by atoms with E-state index >= 15 is 0 Å². The van der Waals surface area contributed by atoms with Crippen molar-refractivity contribution in [1.29, 1.82) is 0 Å². The molecule has 348 valence electrons. The van der Waals surface area contributed by atoms with Gasteiger partial charge in [-0.15, -0.1) is 0 Å². The van der Waals surface area contributed by atoms with E-state index in [0.717, 1.165) is 28.4 Å². The van der Waals surface area contributed by atoms with Crippen molar-refractivity contribution in [3.05, 3.63) is 0 Å². The van der Waals surface area contributed by atoms with Crippen molar-refractivity contribution in [1.82, 2.24) is 0 Å². The highest BCUT2D eigenvalue weighted by atomic mass is 31.2. The van der Waals surface area contributed by atoms with Gasteiger partial charge in [-0.1, -0.05) is 0 Å². The van der Waals surface area contributed by atoms with Crippen LogP contribution < -0.4 is 0 Å². The van der Waals surface area contributed by atoms with E-state index in [1.54, 1.807) is 0 Å². The van der Waals surface area contributed by atoms with E-state index in [9.17, 15) is 95.7 Å². The van der Waals surface area contributed by atoms with Crippen molar-refractivity contribution < 1.29 is 151 Å².